The van der Waals surface area contributed by atoms with Crippen molar-refractivity contribution >= 4 is 21.2 Å². The van der Waals surface area contributed by atoms with Crippen molar-refractivity contribution in [1.82, 2.24) is 4.57 Å². The van der Waals surface area contributed by atoms with Crippen LogP contribution in [0.5, 0.6) is 0 Å². The minimum atomic E-state index is 1.30. The summed E-state index contributed by atoms with van der Waals surface area (Å²) in [5.41, 5.74) is 2.69. The first-order valence-corrected chi connectivity index (χ1v) is 4.34. The number of aromatic nitrogens is 2. The molecule has 0 atom stereocenters. The summed E-state index contributed by atoms with van der Waals surface area (Å²) in [7, 11) is 4.19. The molecule has 1 aromatic rings. The van der Waals surface area contributed by atoms with Crippen LogP contribution >= 0.6 is 0 Å². The standard InChI is InChI=1S/C7H12GeN2/c1-5-6(2)10(4)7(8)9(5)3/h1-4H3/q+1. The summed E-state index contributed by atoms with van der Waals surface area (Å²) in [5, 5.41) is 0. The Balaban J connectivity index is 3.44. The van der Waals surface area contributed by atoms with Gasteiger partial charge in [0, 0.05) is 0 Å². The molecule has 0 bridgehead atoms. The van der Waals surface area contributed by atoms with E-state index < -0.39 is 0 Å². The molecule has 0 aliphatic rings. The quantitative estimate of drug-likeness (QED) is 0.382. The third-order valence-corrected chi connectivity index (χ3v) is 3.57. The summed E-state index contributed by atoms with van der Waals surface area (Å²) in [5.74, 6) is 0. The van der Waals surface area contributed by atoms with E-state index in [2.05, 4.69) is 53.6 Å². The van der Waals surface area contributed by atoms with Gasteiger partial charge >= 0.3 is 69.6 Å². The van der Waals surface area contributed by atoms with Crippen LogP contribution in [0.1, 0.15) is 11.4 Å². The van der Waals surface area contributed by atoms with Gasteiger partial charge in [0.05, 0.1) is 0 Å². The van der Waals surface area contributed by atoms with Crippen molar-refractivity contribution in [2.75, 3.05) is 0 Å². The van der Waals surface area contributed by atoms with Gasteiger partial charge < -0.3 is 0 Å². The Morgan fingerprint density at radius 1 is 1.40 bits per heavy atom. The van der Waals surface area contributed by atoms with E-state index >= 15 is 0 Å². The molecular formula is C7H12GeN2+. The van der Waals surface area contributed by atoms with Gasteiger partial charge in [0.15, 0.2) is 0 Å². The second-order valence-corrected chi connectivity index (χ2v) is 3.55. The maximum absolute atomic E-state index is 2.20. The molecule has 0 saturated heterocycles. The van der Waals surface area contributed by atoms with Gasteiger partial charge in [0.25, 0.3) is 0 Å². The summed E-state index contributed by atoms with van der Waals surface area (Å²) in [4.78, 5) is 0. The molecule has 2 nitrogen and oxygen atoms in total. The summed E-state index contributed by atoms with van der Waals surface area (Å²) in [6.07, 6.45) is 0. The van der Waals surface area contributed by atoms with Gasteiger partial charge in [-0.25, -0.2) is 0 Å². The average molecular weight is 197 g/mol. The van der Waals surface area contributed by atoms with Crippen LogP contribution in [0.15, 0.2) is 0 Å². The molecular weight excluding hydrogens is 185 g/mol. The molecule has 3 radical (unpaired) electrons. The first-order valence-electron chi connectivity index (χ1n) is 3.29. The first-order chi connectivity index (χ1) is 4.55. The van der Waals surface area contributed by atoms with Crippen molar-refractivity contribution in [3.8, 4) is 0 Å². The second kappa shape index (κ2) is 2.42. The molecule has 10 heavy (non-hydrogen) atoms. The van der Waals surface area contributed by atoms with Gasteiger partial charge in [-0.15, -0.1) is 0 Å². The normalized spacial score (nSPS) is 10.5. The van der Waals surface area contributed by atoms with Gasteiger partial charge in [0.1, 0.15) is 0 Å². The number of hydrogen-bond donors (Lipinski definition) is 0. The maximum atomic E-state index is 2.20. The molecule has 0 amide bonds. The van der Waals surface area contributed by atoms with E-state index in [0.717, 1.165) is 0 Å². The zero-order valence-corrected chi connectivity index (χ0v) is 8.99. The van der Waals surface area contributed by atoms with Crippen molar-refractivity contribution < 1.29 is 4.57 Å². The minimum absolute atomic E-state index is 1.30. The fourth-order valence-corrected chi connectivity index (χ4v) is 1.73. The van der Waals surface area contributed by atoms with Crippen molar-refractivity contribution in [2.45, 2.75) is 13.8 Å². The molecule has 0 spiro atoms. The number of hydrogen-bond acceptors (Lipinski definition) is 0. The van der Waals surface area contributed by atoms with Crippen LogP contribution < -0.4 is 9.22 Å². The van der Waals surface area contributed by atoms with E-state index in [4.69, 9.17) is 0 Å². The fourth-order valence-electron chi connectivity index (χ4n) is 1.03. The number of rotatable bonds is 0. The third kappa shape index (κ3) is 0.906. The summed E-state index contributed by atoms with van der Waals surface area (Å²) < 4.78 is 5.71. The van der Waals surface area contributed by atoms with Gasteiger partial charge in [-0.05, 0) is 0 Å². The zero-order valence-electron chi connectivity index (χ0n) is 6.89. The van der Waals surface area contributed by atoms with Crippen LogP contribution in [0.25, 0.3) is 0 Å². The Bertz CT molecular complexity index is 183. The Kier molecular flexibility index (Phi) is 1.90. The van der Waals surface area contributed by atoms with Gasteiger partial charge in [-0.2, -0.15) is 0 Å². The zero-order chi connectivity index (χ0) is 7.89. The van der Waals surface area contributed by atoms with Crippen LogP contribution in [0.2, 0.25) is 0 Å². The van der Waals surface area contributed by atoms with E-state index in [1.165, 1.54) is 16.0 Å². The Labute approximate surface area is 70.1 Å². The van der Waals surface area contributed by atoms with Crippen LogP contribution in [0, 0.1) is 13.8 Å². The van der Waals surface area contributed by atoms with Gasteiger partial charge in [-0.3, -0.25) is 0 Å². The summed E-state index contributed by atoms with van der Waals surface area (Å²) in [6.45, 7) is 4.28. The van der Waals surface area contributed by atoms with Gasteiger partial charge in [-0.1, -0.05) is 0 Å². The topological polar surface area (TPSA) is 8.81 Å². The van der Waals surface area contributed by atoms with Crippen LogP contribution in [-0.2, 0) is 14.1 Å². The predicted molar refractivity (Wildman–Crippen MR) is 41.5 cm³/mol. The molecule has 0 N–H and O–H groups in total. The Hall–Kier alpha value is -0.247. The molecule has 3 heteroatoms. The van der Waals surface area contributed by atoms with E-state index in [1.54, 1.807) is 0 Å². The monoisotopic (exact) mass is 198 g/mol. The molecule has 1 aromatic heterocycles. The summed E-state index contributed by atoms with van der Waals surface area (Å²) in [6, 6.07) is 0. The van der Waals surface area contributed by atoms with Crippen molar-refractivity contribution in [3.63, 3.8) is 0 Å². The first kappa shape index (κ1) is 7.86. The van der Waals surface area contributed by atoms with E-state index in [0.29, 0.717) is 0 Å². The van der Waals surface area contributed by atoms with E-state index in [1.807, 2.05) is 0 Å². The number of imidazole rings is 1. The van der Waals surface area contributed by atoms with Crippen LogP contribution in [0.3, 0.4) is 0 Å². The number of nitrogens with zero attached hydrogens (tertiary/aromatic N) is 2. The molecule has 53 valence electrons. The third-order valence-electron chi connectivity index (χ3n) is 2.17. The molecule has 0 fully saturated rings. The Morgan fingerprint density at radius 3 is 2.00 bits per heavy atom. The molecule has 1 rings (SSSR count). The van der Waals surface area contributed by atoms with Crippen LogP contribution in [-0.4, -0.2) is 21.1 Å². The predicted octanol–water partition coefficient (Wildman–Crippen LogP) is -0.740. The SMILES string of the molecule is Cc1c(C)[n+](C)[c]([Ge])n1C. The Morgan fingerprint density at radius 2 is 1.90 bits per heavy atom. The molecule has 0 unspecified atom stereocenters. The van der Waals surface area contributed by atoms with Crippen molar-refractivity contribution in [2.24, 2.45) is 14.1 Å². The molecule has 1 heterocycles. The second-order valence-electron chi connectivity index (χ2n) is 2.61. The average Bonchev–Trinajstić information content (AvgIpc) is 2.07. The van der Waals surface area contributed by atoms with E-state index in [9.17, 15) is 0 Å². The summed E-state index contributed by atoms with van der Waals surface area (Å²) >= 11 is 2.12. The van der Waals surface area contributed by atoms with Crippen molar-refractivity contribution in [1.29, 1.82) is 0 Å². The van der Waals surface area contributed by atoms with Gasteiger partial charge in [0.2, 0.25) is 0 Å². The molecule has 0 aliphatic carbocycles. The molecule has 0 aliphatic heterocycles. The van der Waals surface area contributed by atoms with Crippen LogP contribution in [0.4, 0.5) is 0 Å². The van der Waals surface area contributed by atoms with E-state index in [-0.39, 0.29) is 0 Å². The fraction of sp³-hybridized carbons (Fsp3) is 0.571. The molecule has 0 saturated carbocycles. The van der Waals surface area contributed by atoms with Crippen molar-refractivity contribution in [3.05, 3.63) is 11.4 Å². The molecule has 0 aromatic carbocycles.